The standard InChI is InChI=1S/C22H23N3O4S/c1-4-24(16-10-6-5-7-11-16)20(27)15(2)30-22-23-18-13-9-8-12-17(18)21(28)25(22)14-19(26)29-3/h5-13,15H,4,14H2,1-3H3/t15-/m0/s1. The second kappa shape index (κ2) is 9.58. The summed E-state index contributed by atoms with van der Waals surface area (Å²) < 4.78 is 6.00. The van der Waals surface area contributed by atoms with Gasteiger partial charge in [-0.05, 0) is 38.1 Å². The van der Waals surface area contributed by atoms with Crippen LogP contribution in [0.5, 0.6) is 0 Å². The van der Waals surface area contributed by atoms with Gasteiger partial charge in [-0.1, -0.05) is 42.1 Å². The maximum absolute atomic E-state index is 13.1. The third kappa shape index (κ3) is 4.54. The van der Waals surface area contributed by atoms with Crippen LogP contribution in [0.4, 0.5) is 5.69 Å². The SMILES string of the molecule is CCN(C(=O)[C@H](C)Sc1nc2ccccc2c(=O)n1CC(=O)OC)c1ccccc1. The van der Waals surface area contributed by atoms with E-state index < -0.39 is 11.2 Å². The molecule has 1 amide bonds. The molecule has 2 aromatic carbocycles. The van der Waals surface area contributed by atoms with Crippen LogP contribution in [0.25, 0.3) is 10.9 Å². The van der Waals surface area contributed by atoms with Crippen LogP contribution < -0.4 is 10.5 Å². The summed E-state index contributed by atoms with van der Waals surface area (Å²) in [7, 11) is 1.26. The van der Waals surface area contributed by atoms with E-state index in [1.807, 2.05) is 37.3 Å². The zero-order valence-electron chi connectivity index (χ0n) is 17.1. The van der Waals surface area contributed by atoms with Gasteiger partial charge in [0.05, 0.1) is 23.3 Å². The topological polar surface area (TPSA) is 81.5 Å². The maximum atomic E-state index is 13.1. The summed E-state index contributed by atoms with van der Waals surface area (Å²) in [5, 5.41) is 0.181. The van der Waals surface area contributed by atoms with E-state index in [-0.39, 0.29) is 18.0 Å². The summed E-state index contributed by atoms with van der Waals surface area (Å²) in [6.45, 7) is 3.91. The van der Waals surface area contributed by atoms with Crippen molar-refractivity contribution < 1.29 is 14.3 Å². The first-order valence-corrected chi connectivity index (χ1v) is 10.4. The Hall–Kier alpha value is -3.13. The number of fused-ring (bicyclic) bond motifs is 1. The van der Waals surface area contributed by atoms with Crippen LogP contribution in [0.2, 0.25) is 0 Å². The molecule has 1 atom stereocenters. The van der Waals surface area contributed by atoms with Gasteiger partial charge in [0.1, 0.15) is 6.54 Å². The first-order valence-electron chi connectivity index (χ1n) is 9.55. The van der Waals surface area contributed by atoms with Crippen molar-refractivity contribution in [2.45, 2.75) is 30.8 Å². The molecule has 0 unspecified atom stereocenters. The molecule has 0 aliphatic heterocycles. The van der Waals surface area contributed by atoms with E-state index in [0.717, 1.165) is 17.4 Å². The van der Waals surface area contributed by atoms with Gasteiger partial charge in [0.25, 0.3) is 5.56 Å². The Morgan fingerprint density at radius 1 is 1.13 bits per heavy atom. The monoisotopic (exact) mass is 425 g/mol. The van der Waals surface area contributed by atoms with E-state index in [2.05, 4.69) is 4.98 Å². The van der Waals surface area contributed by atoms with Gasteiger partial charge in [-0.3, -0.25) is 19.0 Å². The molecular weight excluding hydrogens is 402 g/mol. The molecule has 0 bridgehead atoms. The fourth-order valence-electron chi connectivity index (χ4n) is 3.07. The van der Waals surface area contributed by atoms with E-state index in [4.69, 9.17) is 4.74 Å². The minimum Gasteiger partial charge on any atom is -0.468 e. The van der Waals surface area contributed by atoms with Crippen molar-refractivity contribution in [1.29, 1.82) is 0 Å². The molecule has 0 aliphatic carbocycles. The zero-order chi connectivity index (χ0) is 21.7. The summed E-state index contributed by atoms with van der Waals surface area (Å²) in [5.74, 6) is -0.671. The Bertz CT molecular complexity index is 1110. The van der Waals surface area contributed by atoms with Crippen LogP contribution >= 0.6 is 11.8 Å². The molecule has 0 fully saturated rings. The summed E-state index contributed by atoms with van der Waals surface area (Å²) >= 11 is 1.15. The van der Waals surface area contributed by atoms with Gasteiger partial charge in [0, 0.05) is 12.2 Å². The number of para-hydroxylation sites is 2. The van der Waals surface area contributed by atoms with Crippen LogP contribution in [0.1, 0.15) is 13.8 Å². The Labute approximate surface area is 178 Å². The summed E-state index contributed by atoms with van der Waals surface area (Å²) in [5.41, 5.74) is 0.973. The van der Waals surface area contributed by atoms with Crippen LogP contribution in [0.3, 0.4) is 0 Å². The highest BCUT2D eigenvalue weighted by Crippen LogP contribution is 2.26. The number of anilines is 1. The predicted octanol–water partition coefficient (Wildman–Crippen LogP) is 3.10. The lowest BCUT2D eigenvalue weighted by molar-refractivity contribution is -0.141. The average Bonchev–Trinajstić information content (AvgIpc) is 2.77. The lowest BCUT2D eigenvalue weighted by Gasteiger charge is -2.24. The van der Waals surface area contributed by atoms with E-state index in [0.29, 0.717) is 22.6 Å². The minimum atomic E-state index is -0.561. The second-order valence-electron chi connectivity index (χ2n) is 6.56. The number of hydrogen-bond donors (Lipinski definition) is 0. The fraction of sp³-hybridized carbons (Fsp3) is 0.273. The Morgan fingerprint density at radius 2 is 1.80 bits per heavy atom. The summed E-state index contributed by atoms with van der Waals surface area (Å²) in [6.07, 6.45) is 0. The number of nitrogens with zero attached hydrogens (tertiary/aromatic N) is 3. The predicted molar refractivity (Wildman–Crippen MR) is 118 cm³/mol. The second-order valence-corrected chi connectivity index (χ2v) is 7.87. The smallest absolute Gasteiger partial charge is 0.325 e. The molecule has 0 N–H and O–H groups in total. The maximum Gasteiger partial charge on any atom is 0.325 e. The van der Waals surface area contributed by atoms with Gasteiger partial charge >= 0.3 is 5.97 Å². The Kier molecular flexibility index (Phi) is 6.89. The van der Waals surface area contributed by atoms with E-state index >= 15 is 0 Å². The third-order valence-electron chi connectivity index (χ3n) is 4.62. The fourth-order valence-corrected chi connectivity index (χ4v) is 4.04. The molecule has 8 heteroatoms. The number of rotatable bonds is 7. The molecule has 0 radical (unpaired) electrons. The summed E-state index contributed by atoms with van der Waals surface area (Å²) in [4.78, 5) is 44.2. The number of carbonyl (C=O) groups is 2. The Balaban J connectivity index is 1.97. The molecule has 0 spiro atoms. The molecule has 0 aliphatic rings. The molecule has 0 saturated heterocycles. The van der Waals surface area contributed by atoms with E-state index in [1.54, 1.807) is 36.1 Å². The average molecular weight is 426 g/mol. The lowest BCUT2D eigenvalue weighted by atomic mass is 10.2. The van der Waals surface area contributed by atoms with Crippen molar-refractivity contribution in [3.63, 3.8) is 0 Å². The molecular formula is C22H23N3O4S. The number of hydrogen-bond acceptors (Lipinski definition) is 6. The van der Waals surface area contributed by atoms with Gasteiger partial charge < -0.3 is 9.64 Å². The van der Waals surface area contributed by atoms with Crippen LogP contribution in [-0.4, -0.2) is 40.3 Å². The highest BCUT2D eigenvalue weighted by atomic mass is 32.2. The van der Waals surface area contributed by atoms with Crippen molar-refractivity contribution in [3.8, 4) is 0 Å². The number of benzene rings is 2. The number of esters is 1. The highest BCUT2D eigenvalue weighted by molar-refractivity contribution is 8.00. The zero-order valence-corrected chi connectivity index (χ0v) is 17.9. The van der Waals surface area contributed by atoms with Gasteiger partial charge in [-0.2, -0.15) is 0 Å². The molecule has 1 aromatic heterocycles. The van der Waals surface area contributed by atoms with Crippen molar-refractivity contribution >= 4 is 40.2 Å². The number of carbonyl (C=O) groups excluding carboxylic acids is 2. The van der Waals surface area contributed by atoms with Crippen LogP contribution in [0.15, 0.2) is 64.5 Å². The molecule has 30 heavy (non-hydrogen) atoms. The molecule has 3 rings (SSSR count). The number of aromatic nitrogens is 2. The quantitative estimate of drug-likeness (QED) is 0.329. The molecule has 156 valence electrons. The van der Waals surface area contributed by atoms with Crippen LogP contribution in [0, 0.1) is 0 Å². The first-order chi connectivity index (χ1) is 14.5. The highest BCUT2D eigenvalue weighted by Gasteiger charge is 2.25. The van der Waals surface area contributed by atoms with Gasteiger partial charge in [-0.15, -0.1) is 0 Å². The summed E-state index contributed by atoms with van der Waals surface area (Å²) in [6, 6.07) is 16.3. The first kappa shape index (κ1) is 21.6. The number of amides is 1. The molecule has 1 heterocycles. The van der Waals surface area contributed by atoms with Crippen molar-refractivity contribution in [3.05, 3.63) is 65.0 Å². The lowest BCUT2D eigenvalue weighted by Crippen LogP contribution is -2.37. The molecule has 3 aromatic rings. The normalized spacial score (nSPS) is 11.8. The van der Waals surface area contributed by atoms with Crippen molar-refractivity contribution in [2.75, 3.05) is 18.6 Å². The minimum absolute atomic E-state index is 0.110. The largest absolute Gasteiger partial charge is 0.468 e. The number of methoxy groups -OCH3 is 1. The number of thioether (sulfide) groups is 1. The van der Waals surface area contributed by atoms with Crippen molar-refractivity contribution in [1.82, 2.24) is 9.55 Å². The molecule has 7 nitrogen and oxygen atoms in total. The third-order valence-corrected chi connectivity index (χ3v) is 5.70. The van der Waals surface area contributed by atoms with Crippen molar-refractivity contribution in [2.24, 2.45) is 0 Å². The van der Waals surface area contributed by atoms with E-state index in [9.17, 15) is 14.4 Å². The van der Waals surface area contributed by atoms with Gasteiger partial charge in [0.15, 0.2) is 5.16 Å². The number of ether oxygens (including phenoxy) is 1. The molecule has 0 saturated carbocycles. The Morgan fingerprint density at radius 3 is 2.47 bits per heavy atom. The van der Waals surface area contributed by atoms with Gasteiger partial charge in [-0.25, -0.2) is 4.98 Å². The van der Waals surface area contributed by atoms with E-state index in [1.165, 1.54) is 11.7 Å². The van der Waals surface area contributed by atoms with Crippen LogP contribution in [-0.2, 0) is 20.9 Å². The van der Waals surface area contributed by atoms with Gasteiger partial charge in [0.2, 0.25) is 5.91 Å².